The summed E-state index contributed by atoms with van der Waals surface area (Å²) in [6.07, 6.45) is 0.126. The lowest BCUT2D eigenvalue weighted by Crippen LogP contribution is -2.28. The Labute approximate surface area is 226 Å². The van der Waals surface area contributed by atoms with Crippen molar-refractivity contribution in [1.29, 1.82) is 5.41 Å². The largest absolute Gasteiger partial charge is 0.507 e. The number of rotatable bonds is 12. The van der Waals surface area contributed by atoms with Crippen LogP contribution in [-0.4, -0.2) is 57.8 Å². The summed E-state index contributed by atoms with van der Waals surface area (Å²) < 4.78 is 58.5. The summed E-state index contributed by atoms with van der Waals surface area (Å²) in [5.74, 6) is -1.91. The van der Waals surface area contributed by atoms with Crippen LogP contribution in [0, 0.1) is 5.41 Å². The second-order valence-corrected chi connectivity index (χ2v) is 12.4. The Hall–Kier alpha value is -3.94. The number of benzene rings is 3. The van der Waals surface area contributed by atoms with Crippen LogP contribution >= 0.6 is 0 Å². The molecule has 0 saturated carbocycles. The molecular weight excluding hydrogens is 546 g/mol. The van der Waals surface area contributed by atoms with Gasteiger partial charge < -0.3 is 20.7 Å². The molecule has 0 aliphatic carbocycles. The predicted molar refractivity (Wildman–Crippen MR) is 145 cm³/mol. The van der Waals surface area contributed by atoms with E-state index in [1.165, 1.54) is 18.2 Å². The fourth-order valence-corrected chi connectivity index (χ4v) is 5.89. The number of nitrogen functional groups attached to an aromatic ring is 1. The maximum atomic E-state index is 12.8. The molecule has 0 bridgehead atoms. The van der Waals surface area contributed by atoms with E-state index < -0.39 is 42.6 Å². The zero-order valence-electron chi connectivity index (χ0n) is 21.2. The number of carbonyl (C=O) groups is 1. The zero-order valence-corrected chi connectivity index (χ0v) is 22.8. The third-order valence-electron chi connectivity index (χ3n) is 5.83. The first-order valence-corrected chi connectivity index (χ1v) is 15.1. The molecule has 39 heavy (non-hydrogen) atoms. The van der Waals surface area contributed by atoms with E-state index in [1.54, 1.807) is 37.3 Å². The topological polar surface area (TPSA) is 197 Å². The highest BCUT2D eigenvalue weighted by Gasteiger charge is 2.22. The Morgan fingerprint density at radius 2 is 1.74 bits per heavy atom. The number of sulfone groups is 1. The molecule has 3 aromatic carbocycles. The second-order valence-electron chi connectivity index (χ2n) is 8.69. The maximum Gasteiger partial charge on any atom is 0.344 e. The molecule has 3 aromatic rings. The van der Waals surface area contributed by atoms with E-state index in [0.717, 1.165) is 18.4 Å². The number of phenolic OH excluding ortho intramolecular Hbond substituents is 1. The van der Waals surface area contributed by atoms with Crippen molar-refractivity contribution in [3.05, 3.63) is 71.8 Å². The van der Waals surface area contributed by atoms with Gasteiger partial charge in [0.25, 0.3) is 0 Å². The molecule has 0 aliphatic rings. The molecule has 0 saturated heterocycles. The summed E-state index contributed by atoms with van der Waals surface area (Å²) in [4.78, 5) is 11.3. The summed E-state index contributed by atoms with van der Waals surface area (Å²) in [5, 5.41) is 27.1. The quantitative estimate of drug-likeness (QED) is 0.159. The van der Waals surface area contributed by atoms with Gasteiger partial charge in [0, 0.05) is 23.9 Å². The second kappa shape index (κ2) is 11.8. The summed E-state index contributed by atoms with van der Waals surface area (Å²) in [6.45, 7) is 1.49. The average molecular weight is 576 g/mol. The molecule has 0 fully saturated rings. The number of amidine groups is 1. The molecule has 0 aromatic heterocycles. The van der Waals surface area contributed by atoms with Crippen molar-refractivity contribution in [2.24, 2.45) is 5.73 Å². The van der Waals surface area contributed by atoms with Crippen LogP contribution in [-0.2, 0) is 31.1 Å². The number of sulfonamides is 1. The lowest BCUT2D eigenvalue weighted by atomic mass is 10.0. The van der Waals surface area contributed by atoms with Gasteiger partial charge in [0.15, 0.2) is 15.9 Å². The number of hydrogen-bond acceptors (Lipinski definition) is 8. The molecule has 1 atom stereocenters. The first-order chi connectivity index (χ1) is 18.2. The highest BCUT2D eigenvalue weighted by atomic mass is 32.2. The summed E-state index contributed by atoms with van der Waals surface area (Å²) in [7, 11) is -7.77. The molecule has 0 heterocycles. The van der Waals surface area contributed by atoms with Gasteiger partial charge in [0.2, 0.25) is 10.0 Å². The molecule has 1 unspecified atom stereocenters. The van der Waals surface area contributed by atoms with E-state index in [1.807, 2.05) is 0 Å². The third kappa shape index (κ3) is 7.13. The van der Waals surface area contributed by atoms with E-state index >= 15 is 0 Å². The molecule has 208 valence electrons. The van der Waals surface area contributed by atoms with Crippen LogP contribution in [0.5, 0.6) is 11.5 Å². The Bertz CT molecular complexity index is 1620. The first kappa shape index (κ1) is 29.6. The van der Waals surface area contributed by atoms with Crippen molar-refractivity contribution < 1.29 is 36.6 Å². The molecule has 0 radical (unpaired) electrons. The predicted octanol–water partition coefficient (Wildman–Crippen LogP) is 2.51. The Morgan fingerprint density at radius 3 is 2.36 bits per heavy atom. The van der Waals surface area contributed by atoms with Crippen molar-refractivity contribution in [2.75, 3.05) is 12.8 Å². The third-order valence-corrected chi connectivity index (χ3v) is 8.47. The monoisotopic (exact) mass is 575 g/mol. The van der Waals surface area contributed by atoms with Gasteiger partial charge in [0.1, 0.15) is 22.2 Å². The molecular formula is C26H29N3O8S2. The standard InChI is InChI=1S/C26H29N3O8S2/c1-3-21(26(31)32)37-22-14-17(19-6-4-5-7-23(19)38(2,33)34)9-8-16(22)12-13-29-39(35,36)24-15-18(25(27)28)10-11-20(24)30/h4-11,14-15,21,29-30H,3,12-13H2,1-2H3,(H3,27,28)(H,31,32). The minimum Gasteiger partial charge on any atom is -0.507 e. The van der Waals surface area contributed by atoms with Gasteiger partial charge in [0.05, 0.1) is 4.90 Å². The number of carboxylic acids is 1. The van der Waals surface area contributed by atoms with Gasteiger partial charge in [-0.25, -0.2) is 26.4 Å². The Morgan fingerprint density at radius 1 is 1.05 bits per heavy atom. The van der Waals surface area contributed by atoms with Gasteiger partial charge in [-0.15, -0.1) is 0 Å². The Kier molecular flexibility index (Phi) is 8.99. The van der Waals surface area contributed by atoms with E-state index in [2.05, 4.69) is 4.72 Å². The van der Waals surface area contributed by atoms with Crippen molar-refractivity contribution in [3.8, 4) is 22.6 Å². The zero-order chi connectivity index (χ0) is 29.0. The van der Waals surface area contributed by atoms with Gasteiger partial charge in [-0.3, -0.25) is 5.41 Å². The first-order valence-electron chi connectivity index (χ1n) is 11.7. The van der Waals surface area contributed by atoms with E-state index in [4.69, 9.17) is 15.9 Å². The lowest BCUT2D eigenvalue weighted by molar-refractivity contribution is -0.145. The fraction of sp³-hybridized carbons (Fsp3) is 0.231. The highest BCUT2D eigenvalue weighted by molar-refractivity contribution is 7.91. The fourth-order valence-electron chi connectivity index (χ4n) is 3.82. The number of nitrogens with one attached hydrogen (secondary N) is 2. The van der Waals surface area contributed by atoms with Crippen LogP contribution in [0.4, 0.5) is 0 Å². The van der Waals surface area contributed by atoms with Crippen LogP contribution < -0.4 is 15.2 Å². The number of aliphatic carboxylic acids is 1. The minimum atomic E-state index is -4.20. The average Bonchev–Trinajstić information content (AvgIpc) is 2.87. The van der Waals surface area contributed by atoms with Gasteiger partial charge >= 0.3 is 5.97 Å². The van der Waals surface area contributed by atoms with Crippen molar-refractivity contribution in [2.45, 2.75) is 35.7 Å². The van der Waals surface area contributed by atoms with Crippen molar-refractivity contribution in [3.63, 3.8) is 0 Å². The van der Waals surface area contributed by atoms with E-state index in [0.29, 0.717) is 16.7 Å². The summed E-state index contributed by atoms with van der Waals surface area (Å²) in [5.41, 5.74) is 6.89. The number of phenols is 1. The number of hydrogen-bond donors (Lipinski definition) is 5. The molecule has 0 amide bonds. The SMILES string of the molecule is CCC(Oc1cc(-c2ccccc2S(C)(=O)=O)ccc1CCNS(=O)(=O)c1cc(C(=N)N)ccc1O)C(=O)O. The highest BCUT2D eigenvalue weighted by Crippen LogP contribution is 2.33. The van der Waals surface area contributed by atoms with Crippen LogP contribution in [0.1, 0.15) is 24.5 Å². The van der Waals surface area contributed by atoms with Crippen LogP contribution in [0.15, 0.2) is 70.5 Å². The van der Waals surface area contributed by atoms with Crippen molar-refractivity contribution >= 4 is 31.7 Å². The van der Waals surface area contributed by atoms with E-state index in [9.17, 15) is 31.8 Å². The summed E-state index contributed by atoms with van der Waals surface area (Å²) in [6, 6.07) is 14.7. The van der Waals surface area contributed by atoms with Gasteiger partial charge in [-0.1, -0.05) is 37.3 Å². The Balaban J connectivity index is 1.95. The van der Waals surface area contributed by atoms with Crippen LogP contribution in [0.25, 0.3) is 11.1 Å². The maximum absolute atomic E-state index is 12.8. The number of nitrogens with two attached hydrogens (primary N) is 1. The lowest BCUT2D eigenvalue weighted by Gasteiger charge is -2.18. The molecule has 13 heteroatoms. The van der Waals surface area contributed by atoms with Gasteiger partial charge in [-0.2, -0.15) is 0 Å². The van der Waals surface area contributed by atoms with Crippen LogP contribution in [0.3, 0.4) is 0 Å². The number of carboxylic acid groups (broad SMARTS) is 1. The molecule has 0 aliphatic heterocycles. The van der Waals surface area contributed by atoms with Crippen molar-refractivity contribution in [1.82, 2.24) is 4.72 Å². The number of aromatic hydroxyl groups is 1. The molecule has 0 spiro atoms. The van der Waals surface area contributed by atoms with Gasteiger partial charge in [-0.05, 0) is 54.3 Å². The number of ether oxygens (including phenoxy) is 1. The molecule has 6 N–H and O–H groups in total. The van der Waals surface area contributed by atoms with Crippen LogP contribution in [0.2, 0.25) is 0 Å². The minimum absolute atomic E-state index is 0.0752. The summed E-state index contributed by atoms with van der Waals surface area (Å²) >= 11 is 0. The molecule has 11 nitrogen and oxygen atoms in total. The van der Waals surface area contributed by atoms with E-state index in [-0.39, 0.29) is 41.4 Å². The smallest absolute Gasteiger partial charge is 0.344 e. The molecule has 3 rings (SSSR count). The normalized spacial score (nSPS) is 12.6.